The number of rotatable bonds is 5. The Morgan fingerprint density at radius 1 is 1.00 bits per heavy atom. The second-order valence-corrected chi connectivity index (χ2v) is 5.81. The van der Waals surface area contributed by atoms with Crippen molar-refractivity contribution in [3.63, 3.8) is 0 Å². The van der Waals surface area contributed by atoms with Gasteiger partial charge in [-0.2, -0.15) is 0 Å². The minimum absolute atomic E-state index is 0.124. The number of carbonyl (C=O) groups excluding carboxylic acids is 2. The Bertz CT molecular complexity index is 932. The maximum atomic E-state index is 12.3. The van der Waals surface area contributed by atoms with Crippen LogP contribution in [-0.2, 0) is 6.54 Å². The van der Waals surface area contributed by atoms with E-state index in [1.165, 1.54) is 12.3 Å². The second kappa shape index (κ2) is 8.22. The molecule has 2 heterocycles. The van der Waals surface area contributed by atoms with E-state index in [0.29, 0.717) is 22.8 Å². The van der Waals surface area contributed by atoms with E-state index in [2.05, 4.69) is 20.6 Å². The first-order valence-electron chi connectivity index (χ1n) is 7.82. The maximum absolute atomic E-state index is 12.3. The van der Waals surface area contributed by atoms with Crippen LogP contribution < -0.4 is 10.6 Å². The SMILES string of the molecule is O=C(NCc1cccnc1)c1ccnc(C(=O)Nc2ccccc2Cl)c1. The van der Waals surface area contributed by atoms with Gasteiger partial charge in [-0.3, -0.25) is 19.6 Å². The Morgan fingerprint density at radius 3 is 2.62 bits per heavy atom. The van der Waals surface area contributed by atoms with Gasteiger partial charge in [0.05, 0.1) is 10.7 Å². The van der Waals surface area contributed by atoms with Gasteiger partial charge < -0.3 is 10.6 Å². The Balaban J connectivity index is 1.68. The molecule has 0 fully saturated rings. The fourth-order valence-electron chi connectivity index (χ4n) is 2.23. The van der Waals surface area contributed by atoms with Crippen molar-refractivity contribution in [2.45, 2.75) is 6.54 Å². The zero-order chi connectivity index (χ0) is 18.4. The summed E-state index contributed by atoms with van der Waals surface area (Å²) in [6, 6.07) is 13.5. The summed E-state index contributed by atoms with van der Waals surface area (Å²) in [5, 5.41) is 5.88. The lowest BCUT2D eigenvalue weighted by molar-refractivity contribution is 0.0950. The van der Waals surface area contributed by atoms with Crippen molar-refractivity contribution >= 4 is 29.1 Å². The van der Waals surface area contributed by atoms with E-state index in [9.17, 15) is 9.59 Å². The van der Waals surface area contributed by atoms with E-state index >= 15 is 0 Å². The topological polar surface area (TPSA) is 84.0 Å². The summed E-state index contributed by atoms with van der Waals surface area (Å²) in [4.78, 5) is 32.7. The molecule has 0 aliphatic heterocycles. The predicted octanol–water partition coefficient (Wildman–Crippen LogP) is 3.31. The highest BCUT2D eigenvalue weighted by Gasteiger charge is 2.13. The summed E-state index contributed by atoms with van der Waals surface area (Å²) in [5.41, 5.74) is 1.83. The standard InChI is InChI=1S/C19H15ClN4O2/c20-15-5-1-2-6-16(15)24-19(26)17-10-14(7-9-22-17)18(25)23-12-13-4-3-8-21-11-13/h1-11H,12H2,(H,23,25)(H,24,26). The first-order valence-corrected chi connectivity index (χ1v) is 8.20. The third kappa shape index (κ3) is 4.43. The molecular formula is C19H15ClN4O2. The summed E-state index contributed by atoms with van der Waals surface area (Å²) < 4.78 is 0. The number of benzene rings is 1. The van der Waals surface area contributed by atoms with Gasteiger partial charge >= 0.3 is 0 Å². The minimum atomic E-state index is -0.444. The normalized spacial score (nSPS) is 10.2. The molecule has 0 spiro atoms. The van der Waals surface area contributed by atoms with Crippen LogP contribution in [0.1, 0.15) is 26.4 Å². The Hall–Kier alpha value is -3.25. The van der Waals surface area contributed by atoms with Gasteiger partial charge in [-0.05, 0) is 35.9 Å². The van der Waals surface area contributed by atoms with Crippen LogP contribution in [-0.4, -0.2) is 21.8 Å². The maximum Gasteiger partial charge on any atom is 0.274 e. The lowest BCUT2D eigenvalue weighted by Gasteiger charge is -2.08. The van der Waals surface area contributed by atoms with E-state index < -0.39 is 5.91 Å². The molecule has 0 saturated carbocycles. The van der Waals surface area contributed by atoms with E-state index in [4.69, 9.17) is 11.6 Å². The van der Waals surface area contributed by atoms with E-state index in [1.54, 1.807) is 48.8 Å². The third-order valence-electron chi connectivity index (χ3n) is 3.55. The van der Waals surface area contributed by atoms with Crippen molar-refractivity contribution in [3.05, 3.63) is 89.0 Å². The zero-order valence-corrected chi connectivity index (χ0v) is 14.4. The number of pyridine rings is 2. The summed E-state index contributed by atoms with van der Waals surface area (Å²) in [5.74, 6) is -0.747. The highest BCUT2D eigenvalue weighted by molar-refractivity contribution is 6.33. The van der Waals surface area contributed by atoms with E-state index in [1.807, 2.05) is 6.07 Å². The average molecular weight is 367 g/mol. The van der Waals surface area contributed by atoms with E-state index in [-0.39, 0.29) is 11.6 Å². The smallest absolute Gasteiger partial charge is 0.274 e. The highest BCUT2D eigenvalue weighted by Crippen LogP contribution is 2.21. The molecule has 3 aromatic rings. The van der Waals surface area contributed by atoms with Gasteiger partial charge in [-0.15, -0.1) is 0 Å². The highest BCUT2D eigenvalue weighted by atomic mass is 35.5. The van der Waals surface area contributed by atoms with E-state index in [0.717, 1.165) is 5.56 Å². The molecule has 0 aliphatic carbocycles. The number of carbonyl (C=O) groups is 2. The summed E-state index contributed by atoms with van der Waals surface area (Å²) in [7, 11) is 0. The Kier molecular flexibility index (Phi) is 5.56. The molecule has 0 aliphatic rings. The summed E-state index contributed by atoms with van der Waals surface area (Å²) in [6.07, 6.45) is 4.76. The van der Waals surface area contributed by atoms with Gasteiger partial charge in [-0.25, -0.2) is 0 Å². The van der Waals surface area contributed by atoms with Gasteiger partial charge in [-0.1, -0.05) is 29.8 Å². The van der Waals surface area contributed by atoms with Crippen LogP contribution in [0, 0.1) is 0 Å². The molecule has 3 rings (SSSR count). The molecule has 6 nitrogen and oxygen atoms in total. The van der Waals surface area contributed by atoms with Crippen molar-refractivity contribution in [2.24, 2.45) is 0 Å². The first kappa shape index (κ1) is 17.6. The van der Waals surface area contributed by atoms with Gasteiger partial charge in [0, 0.05) is 30.7 Å². The molecule has 7 heteroatoms. The van der Waals surface area contributed by atoms with Gasteiger partial charge in [0.25, 0.3) is 11.8 Å². The monoisotopic (exact) mass is 366 g/mol. The Morgan fingerprint density at radius 2 is 1.85 bits per heavy atom. The van der Waals surface area contributed by atoms with Crippen LogP contribution in [0.3, 0.4) is 0 Å². The van der Waals surface area contributed by atoms with Crippen molar-refractivity contribution < 1.29 is 9.59 Å². The number of aromatic nitrogens is 2. The van der Waals surface area contributed by atoms with Crippen molar-refractivity contribution in [1.29, 1.82) is 0 Å². The molecule has 0 bridgehead atoms. The number of hydrogen-bond acceptors (Lipinski definition) is 4. The quantitative estimate of drug-likeness (QED) is 0.725. The largest absolute Gasteiger partial charge is 0.348 e. The second-order valence-electron chi connectivity index (χ2n) is 5.41. The van der Waals surface area contributed by atoms with Crippen LogP contribution in [0.15, 0.2) is 67.1 Å². The fourth-order valence-corrected chi connectivity index (χ4v) is 2.41. The number of nitrogens with zero attached hydrogens (tertiary/aromatic N) is 2. The molecule has 2 amide bonds. The lowest BCUT2D eigenvalue weighted by atomic mass is 10.2. The van der Waals surface area contributed by atoms with Crippen LogP contribution in [0.25, 0.3) is 0 Å². The molecular weight excluding hydrogens is 352 g/mol. The number of halogens is 1. The van der Waals surface area contributed by atoms with Gasteiger partial charge in [0.1, 0.15) is 5.69 Å². The molecule has 2 N–H and O–H groups in total. The molecule has 130 valence electrons. The van der Waals surface area contributed by atoms with Gasteiger partial charge in [0.15, 0.2) is 0 Å². The number of amides is 2. The third-order valence-corrected chi connectivity index (χ3v) is 3.88. The number of para-hydroxylation sites is 1. The van der Waals surface area contributed by atoms with Crippen LogP contribution >= 0.6 is 11.6 Å². The summed E-state index contributed by atoms with van der Waals surface area (Å²) in [6.45, 7) is 0.343. The van der Waals surface area contributed by atoms with Crippen LogP contribution in [0.4, 0.5) is 5.69 Å². The number of anilines is 1. The first-order chi connectivity index (χ1) is 12.6. The lowest BCUT2D eigenvalue weighted by Crippen LogP contribution is -2.23. The molecule has 0 unspecified atom stereocenters. The molecule has 1 aromatic carbocycles. The number of nitrogens with one attached hydrogen (secondary N) is 2. The average Bonchev–Trinajstić information content (AvgIpc) is 2.69. The minimum Gasteiger partial charge on any atom is -0.348 e. The predicted molar refractivity (Wildman–Crippen MR) is 99.0 cm³/mol. The van der Waals surface area contributed by atoms with Crippen molar-refractivity contribution in [2.75, 3.05) is 5.32 Å². The van der Waals surface area contributed by atoms with Crippen molar-refractivity contribution in [3.8, 4) is 0 Å². The Labute approximate surface area is 155 Å². The van der Waals surface area contributed by atoms with Crippen LogP contribution in [0.2, 0.25) is 5.02 Å². The zero-order valence-electron chi connectivity index (χ0n) is 13.6. The molecule has 26 heavy (non-hydrogen) atoms. The number of hydrogen-bond donors (Lipinski definition) is 2. The fraction of sp³-hybridized carbons (Fsp3) is 0.0526. The molecule has 0 radical (unpaired) electrons. The van der Waals surface area contributed by atoms with Crippen molar-refractivity contribution in [1.82, 2.24) is 15.3 Å². The molecule has 0 saturated heterocycles. The summed E-state index contributed by atoms with van der Waals surface area (Å²) >= 11 is 6.03. The van der Waals surface area contributed by atoms with Gasteiger partial charge in [0.2, 0.25) is 0 Å². The molecule has 2 aromatic heterocycles. The van der Waals surface area contributed by atoms with Crippen LogP contribution in [0.5, 0.6) is 0 Å². The molecule has 0 atom stereocenters.